The van der Waals surface area contributed by atoms with E-state index in [4.69, 9.17) is 16.3 Å². The molecule has 2 aromatic rings. The van der Waals surface area contributed by atoms with Crippen molar-refractivity contribution in [1.29, 1.82) is 0 Å². The van der Waals surface area contributed by atoms with Crippen LogP contribution in [0.15, 0.2) is 48.5 Å². The third-order valence-corrected chi connectivity index (χ3v) is 6.36. The summed E-state index contributed by atoms with van der Waals surface area (Å²) in [5.74, 6) is -1.42. The zero-order valence-electron chi connectivity index (χ0n) is 21.6. The van der Waals surface area contributed by atoms with E-state index in [9.17, 15) is 18.8 Å². The highest BCUT2D eigenvalue weighted by Gasteiger charge is 2.35. The van der Waals surface area contributed by atoms with Gasteiger partial charge in [-0.3, -0.25) is 14.5 Å². The van der Waals surface area contributed by atoms with Gasteiger partial charge in [0.15, 0.2) is 0 Å². The van der Waals surface area contributed by atoms with E-state index in [0.717, 1.165) is 32.1 Å². The number of anilines is 1. The molecular weight excluding hydrogens is 497 g/mol. The van der Waals surface area contributed by atoms with Gasteiger partial charge in [-0.15, -0.1) is 0 Å². The second-order valence-corrected chi connectivity index (χ2v) is 10.6. The summed E-state index contributed by atoms with van der Waals surface area (Å²) in [4.78, 5) is 40.7. The number of halogens is 2. The molecule has 2 N–H and O–H groups in total. The summed E-state index contributed by atoms with van der Waals surface area (Å²) >= 11 is 6.52. The van der Waals surface area contributed by atoms with Gasteiger partial charge in [0.2, 0.25) is 11.8 Å². The van der Waals surface area contributed by atoms with Crippen LogP contribution >= 0.6 is 11.6 Å². The molecule has 37 heavy (non-hydrogen) atoms. The molecule has 9 heteroatoms. The number of benzene rings is 2. The topological polar surface area (TPSA) is 87.7 Å². The fourth-order valence-corrected chi connectivity index (χ4v) is 4.63. The SMILES string of the molecule is CC(C)(C)OC(=O)NCCC(=O)N(c1cccc(F)c1)C(C(=O)NC1CCCCC1)c1ccccc1Cl. The van der Waals surface area contributed by atoms with Crippen LogP contribution in [0, 0.1) is 5.82 Å². The van der Waals surface area contributed by atoms with E-state index >= 15 is 0 Å². The van der Waals surface area contributed by atoms with Crippen LogP contribution < -0.4 is 15.5 Å². The lowest BCUT2D eigenvalue weighted by Gasteiger charge is -2.34. The van der Waals surface area contributed by atoms with Crippen molar-refractivity contribution in [3.05, 3.63) is 64.9 Å². The quantitative estimate of drug-likeness (QED) is 0.443. The Morgan fingerprint density at radius 1 is 1.08 bits per heavy atom. The normalized spacial score (nSPS) is 14.9. The highest BCUT2D eigenvalue weighted by Crippen LogP contribution is 2.33. The minimum Gasteiger partial charge on any atom is -0.444 e. The molecule has 1 atom stereocenters. The van der Waals surface area contributed by atoms with Gasteiger partial charge in [-0.2, -0.15) is 0 Å². The number of hydrogen-bond acceptors (Lipinski definition) is 4. The number of carbonyl (C=O) groups excluding carboxylic acids is 3. The predicted octanol–water partition coefficient (Wildman–Crippen LogP) is 5.92. The Hall–Kier alpha value is -3.13. The standard InChI is InChI=1S/C28H35ClFN3O4/c1-28(2,3)37-27(36)31-17-16-24(34)33(21-13-9-10-19(30)18-21)25(22-14-7-8-15-23(22)29)26(35)32-20-11-5-4-6-12-20/h7-10,13-15,18,20,25H,4-6,11-12,16-17H2,1-3H3,(H,31,36)(H,32,35). The van der Waals surface area contributed by atoms with E-state index in [0.29, 0.717) is 10.6 Å². The van der Waals surface area contributed by atoms with Gasteiger partial charge in [-0.1, -0.05) is 55.1 Å². The molecule has 0 bridgehead atoms. The largest absolute Gasteiger partial charge is 0.444 e. The Morgan fingerprint density at radius 2 is 1.78 bits per heavy atom. The maximum atomic E-state index is 14.3. The minimum absolute atomic E-state index is 0.00969. The van der Waals surface area contributed by atoms with Gasteiger partial charge < -0.3 is 15.4 Å². The highest BCUT2D eigenvalue weighted by molar-refractivity contribution is 6.31. The van der Waals surface area contributed by atoms with E-state index < -0.39 is 35.4 Å². The molecular formula is C28H35ClFN3O4. The Labute approximate surface area is 222 Å². The molecule has 200 valence electrons. The first-order valence-electron chi connectivity index (χ1n) is 12.6. The fourth-order valence-electron chi connectivity index (χ4n) is 4.39. The van der Waals surface area contributed by atoms with Crippen molar-refractivity contribution in [2.24, 2.45) is 0 Å². The number of carbonyl (C=O) groups is 3. The Balaban J connectivity index is 1.93. The molecule has 1 saturated carbocycles. The number of nitrogens with zero attached hydrogens (tertiary/aromatic N) is 1. The summed E-state index contributed by atoms with van der Waals surface area (Å²) in [6, 6.07) is 11.2. The van der Waals surface area contributed by atoms with Crippen LogP contribution in [0.1, 0.15) is 70.9 Å². The lowest BCUT2D eigenvalue weighted by atomic mass is 9.94. The fraction of sp³-hybridized carbons (Fsp3) is 0.464. The van der Waals surface area contributed by atoms with Crippen molar-refractivity contribution in [2.75, 3.05) is 11.4 Å². The van der Waals surface area contributed by atoms with Crippen LogP contribution in [0.25, 0.3) is 0 Å². The summed E-state index contributed by atoms with van der Waals surface area (Å²) in [6.45, 7) is 5.19. The van der Waals surface area contributed by atoms with Gasteiger partial charge in [-0.05, 0) is 57.9 Å². The first kappa shape index (κ1) is 28.4. The molecule has 3 rings (SSSR count). The second kappa shape index (κ2) is 12.9. The molecule has 0 saturated heterocycles. The molecule has 0 spiro atoms. The van der Waals surface area contributed by atoms with E-state index in [1.54, 1.807) is 51.1 Å². The number of rotatable bonds is 8. The van der Waals surface area contributed by atoms with Crippen LogP contribution in [0.3, 0.4) is 0 Å². The van der Waals surface area contributed by atoms with E-state index in [1.165, 1.54) is 23.1 Å². The predicted molar refractivity (Wildman–Crippen MR) is 142 cm³/mol. The third kappa shape index (κ3) is 8.45. The zero-order chi connectivity index (χ0) is 27.0. The Bertz CT molecular complexity index is 1100. The number of alkyl carbamates (subject to hydrolysis) is 1. The summed E-state index contributed by atoms with van der Waals surface area (Å²) in [6.07, 6.45) is 4.07. The first-order valence-corrected chi connectivity index (χ1v) is 13.0. The minimum atomic E-state index is -1.13. The summed E-state index contributed by atoms with van der Waals surface area (Å²) in [7, 11) is 0. The van der Waals surface area contributed by atoms with Crippen LogP contribution in [-0.4, -0.2) is 36.1 Å². The van der Waals surface area contributed by atoms with Gasteiger partial charge in [0.1, 0.15) is 17.5 Å². The molecule has 2 aromatic carbocycles. The van der Waals surface area contributed by atoms with E-state index in [1.807, 2.05) is 0 Å². The number of hydrogen-bond donors (Lipinski definition) is 2. The van der Waals surface area contributed by atoms with Crippen molar-refractivity contribution in [2.45, 2.75) is 77.0 Å². The highest BCUT2D eigenvalue weighted by atomic mass is 35.5. The summed E-state index contributed by atoms with van der Waals surface area (Å²) < 4.78 is 19.5. The number of ether oxygens (including phenoxy) is 1. The lowest BCUT2D eigenvalue weighted by Crippen LogP contribution is -2.48. The summed E-state index contributed by atoms with van der Waals surface area (Å²) in [5.41, 5.74) is -0.0465. The van der Waals surface area contributed by atoms with Crippen LogP contribution in [-0.2, 0) is 14.3 Å². The van der Waals surface area contributed by atoms with E-state index in [-0.39, 0.29) is 24.7 Å². The second-order valence-electron chi connectivity index (χ2n) is 10.2. The van der Waals surface area contributed by atoms with Gasteiger partial charge >= 0.3 is 6.09 Å². The van der Waals surface area contributed by atoms with Crippen LogP contribution in [0.2, 0.25) is 5.02 Å². The molecule has 1 aliphatic rings. The van der Waals surface area contributed by atoms with Gasteiger partial charge in [-0.25, -0.2) is 9.18 Å². The molecule has 0 aromatic heterocycles. The molecule has 1 fully saturated rings. The summed E-state index contributed by atoms with van der Waals surface area (Å²) in [5, 5.41) is 5.97. The monoisotopic (exact) mass is 531 g/mol. The maximum absolute atomic E-state index is 14.3. The van der Waals surface area contributed by atoms with Crippen molar-refractivity contribution in [1.82, 2.24) is 10.6 Å². The molecule has 0 heterocycles. The van der Waals surface area contributed by atoms with Gasteiger partial charge in [0, 0.05) is 35.3 Å². The van der Waals surface area contributed by atoms with E-state index in [2.05, 4.69) is 10.6 Å². The zero-order valence-corrected chi connectivity index (χ0v) is 22.3. The van der Waals surface area contributed by atoms with Crippen molar-refractivity contribution >= 4 is 35.2 Å². The molecule has 0 aliphatic heterocycles. The van der Waals surface area contributed by atoms with Gasteiger partial charge in [0.05, 0.1) is 0 Å². The maximum Gasteiger partial charge on any atom is 0.407 e. The third-order valence-electron chi connectivity index (χ3n) is 6.02. The van der Waals surface area contributed by atoms with Crippen molar-refractivity contribution in [3.8, 4) is 0 Å². The number of amides is 3. The van der Waals surface area contributed by atoms with Crippen molar-refractivity contribution < 1.29 is 23.5 Å². The van der Waals surface area contributed by atoms with Crippen LogP contribution in [0.5, 0.6) is 0 Å². The molecule has 1 unspecified atom stereocenters. The van der Waals surface area contributed by atoms with Gasteiger partial charge in [0.25, 0.3) is 0 Å². The Morgan fingerprint density at radius 3 is 2.43 bits per heavy atom. The number of nitrogens with one attached hydrogen (secondary N) is 2. The smallest absolute Gasteiger partial charge is 0.407 e. The molecule has 0 radical (unpaired) electrons. The average Bonchev–Trinajstić information content (AvgIpc) is 2.82. The molecule has 7 nitrogen and oxygen atoms in total. The lowest BCUT2D eigenvalue weighted by molar-refractivity contribution is -0.127. The Kier molecular flexibility index (Phi) is 9.92. The average molecular weight is 532 g/mol. The van der Waals surface area contributed by atoms with Crippen molar-refractivity contribution in [3.63, 3.8) is 0 Å². The van der Waals surface area contributed by atoms with Crippen LogP contribution in [0.4, 0.5) is 14.9 Å². The molecule has 1 aliphatic carbocycles. The first-order chi connectivity index (χ1) is 17.5. The molecule has 3 amide bonds.